The molecule has 9 heteroatoms. The molecule has 0 heterocycles. The molecule has 1 unspecified atom stereocenters. The smallest absolute Gasteiger partial charge is 0.324 e. The molecule has 3 aromatic carbocycles. The lowest BCUT2D eigenvalue weighted by atomic mass is 10.1. The first-order valence-corrected chi connectivity index (χ1v) is 12.0. The number of halogens is 3. The summed E-state index contributed by atoms with van der Waals surface area (Å²) < 4.78 is 69.2. The predicted octanol–water partition coefficient (Wildman–Crippen LogP) is 5.16. The molecule has 0 fully saturated rings. The quantitative estimate of drug-likeness (QED) is 0.481. The van der Waals surface area contributed by atoms with Crippen LogP contribution in [-0.4, -0.2) is 20.4 Å². The van der Waals surface area contributed by atoms with Gasteiger partial charge < -0.3 is 5.32 Å². The third-order valence-electron chi connectivity index (χ3n) is 5.26. The van der Waals surface area contributed by atoms with Crippen molar-refractivity contribution in [2.24, 2.45) is 0 Å². The van der Waals surface area contributed by atoms with Crippen molar-refractivity contribution >= 4 is 21.6 Å². The highest BCUT2D eigenvalue weighted by atomic mass is 32.2. The highest BCUT2D eigenvalue weighted by Crippen LogP contribution is 2.34. The van der Waals surface area contributed by atoms with Crippen LogP contribution >= 0.6 is 0 Å². The maximum absolute atomic E-state index is 13.4. The maximum Gasteiger partial charge on any atom is 0.418 e. The topological polar surface area (TPSA) is 75.3 Å². The number of carbonyl (C=O) groups excluding carboxylic acids is 1. The Bertz CT molecular complexity index is 1270. The minimum Gasteiger partial charge on any atom is -0.324 e. The van der Waals surface area contributed by atoms with Gasteiger partial charge in [-0.3, -0.25) is 4.79 Å². The molecule has 180 valence electrons. The number of anilines is 1. The van der Waals surface area contributed by atoms with Gasteiger partial charge in [0, 0.05) is 0 Å². The summed E-state index contributed by atoms with van der Waals surface area (Å²) in [5.74, 6) is -0.897. The van der Waals surface area contributed by atoms with E-state index in [0.29, 0.717) is 16.7 Å². The SMILES string of the molecule is Cc1cc(C)c(S(=O)(=O)NC(Cc2ccccc2)C(=O)Nc2ccccc2C(F)(F)F)c(C)c1. The van der Waals surface area contributed by atoms with E-state index in [1.165, 1.54) is 12.1 Å². The normalized spacial score (nSPS) is 12.9. The van der Waals surface area contributed by atoms with Crippen molar-refractivity contribution < 1.29 is 26.4 Å². The van der Waals surface area contributed by atoms with Gasteiger partial charge in [-0.25, -0.2) is 8.42 Å². The Kier molecular flexibility index (Phi) is 7.48. The summed E-state index contributed by atoms with van der Waals surface area (Å²) in [5.41, 5.74) is 1.08. The second kappa shape index (κ2) is 9.99. The molecule has 5 nitrogen and oxygen atoms in total. The monoisotopic (exact) mass is 490 g/mol. The lowest BCUT2D eigenvalue weighted by Gasteiger charge is -2.22. The molecule has 0 saturated heterocycles. The molecule has 1 atom stereocenters. The van der Waals surface area contributed by atoms with Crippen LogP contribution in [0.5, 0.6) is 0 Å². The fraction of sp³-hybridized carbons (Fsp3) is 0.240. The van der Waals surface area contributed by atoms with E-state index >= 15 is 0 Å². The number of benzene rings is 3. The average molecular weight is 491 g/mol. The second-order valence-electron chi connectivity index (χ2n) is 8.12. The second-order valence-corrected chi connectivity index (χ2v) is 9.77. The Labute approximate surface area is 197 Å². The van der Waals surface area contributed by atoms with Crippen LogP contribution in [0.2, 0.25) is 0 Å². The maximum atomic E-state index is 13.4. The molecular formula is C25H25F3N2O3S. The molecule has 3 rings (SSSR count). The Morgan fingerprint density at radius 1 is 0.912 bits per heavy atom. The summed E-state index contributed by atoms with van der Waals surface area (Å²) in [5, 5.41) is 2.26. The van der Waals surface area contributed by atoms with E-state index in [4.69, 9.17) is 0 Å². The van der Waals surface area contributed by atoms with E-state index in [1.807, 2.05) is 6.92 Å². The number of hydrogen-bond donors (Lipinski definition) is 2. The number of para-hydroxylation sites is 1. The van der Waals surface area contributed by atoms with Gasteiger partial charge in [-0.2, -0.15) is 17.9 Å². The number of carbonyl (C=O) groups is 1. The molecule has 0 aliphatic rings. The van der Waals surface area contributed by atoms with E-state index in [0.717, 1.165) is 17.7 Å². The first-order chi connectivity index (χ1) is 15.9. The summed E-state index contributed by atoms with van der Waals surface area (Å²) in [6, 6.07) is 15.3. The molecule has 0 aliphatic heterocycles. The van der Waals surface area contributed by atoms with Crippen LogP contribution in [-0.2, 0) is 27.4 Å². The van der Waals surface area contributed by atoms with Crippen LogP contribution in [0.15, 0.2) is 71.6 Å². The molecule has 0 radical (unpaired) electrons. The van der Waals surface area contributed by atoms with Gasteiger partial charge in [0.1, 0.15) is 6.04 Å². The average Bonchev–Trinajstić information content (AvgIpc) is 2.72. The van der Waals surface area contributed by atoms with Gasteiger partial charge in [-0.1, -0.05) is 60.2 Å². The minimum atomic E-state index is -4.69. The summed E-state index contributed by atoms with van der Waals surface area (Å²) in [7, 11) is -4.17. The van der Waals surface area contributed by atoms with Crippen molar-refractivity contribution in [2.75, 3.05) is 5.32 Å². The van der Waals surface area contributed by atoms with Crippen molar-refractivity contribution in [1.82, 2.24) is 4.72 Å². The zero-order valence-electron chi connectivity index (χ0n) is 18.9. The standard InChI is InChI=1S/C25H25F3N2O3S/c1-16-13-17(2)23(18(3)14-16)34(32,33)30-22(15-19-9-5-4-6-10-19)24(31)29-21-12-8-7-11-20(21)25(26,27)28/h4-14,22,30H,15H2,1-3H3,(H,29,31). The molecule has 0 saturated carbocycles. The highest BCUT2D eigenvalue weighted by molar-refractivity contribution is 7.89. The number of sulfonamides is 1. The fourth-order valence-corrected chi connectivity index (χ4v) is 5.58. The Balaban J connectivity index is 1.98. The van der Waals surface area contributed by atoms with Crippen molar-refractivity contribution in [2.45, 2.75) is 44.3 Å². The van der Waals surface area contributed by atoms with Gasteiger partial charge in [0.25, 0.3) is 0 Å². The number of rotatable bonds is 7. The van der Waals surface area contributed by atoms with E-state index < -0.39 is 39.4 Å². The Morgan fingerprint density at radius 2 is 1.47 bits per heavy atom. The molecule has 0 aliphatic carbocycles. The Morgan fingerprint density at radius 3 is 2.06 bits per heavy atom. The molecule has 1 amide bonds. The molecule has 0 bridgehead atoms. The van der Waals surface area contributed by atoms with Crippen molar-refractivity contribution in [3.05, 3.63) is 94.5 Å². The summed E-state index contributed by atoms with van der Waals surface area (Å²) in [4.78, 5) is 13.2. The molecular weight excluding hydrogens is 465 g/mol. The van der Waals surface area contributed by atoms with Crippen LogP contribution in [0, 0.1) is 20.8 Å². The predicted molar refractivity (Wildman–Crippen MR) is 125 cm³/mol. The van der Waals surface area contributed by atoms with Gasteiger partial charge >= 0.3 is 6.18 Å². The Hall–Kier alpha value is -3.17. The van der Waals surface area contributed by atoms with Crippen LogP contribution in [0.3, 0.4) is 0 Å². The van der Waals surface area contributed by atoms with Crippen LogP contribution in [0.1, 0.15) is 27.8 Å². The van der Waals surface area contributed by atoms with Crippen molar-refractivity contribution in [3.8, 4) is 0 Å². The van der Waals surface area contributed by atoms with E-state index in [9.17, 15) is 26.4 Å². The fourth-order valence-electron chi connectivity index (χ4n) is 3.93. The molecule has 2 N–H and O–H groups in total. The molecule has 0 aromatic heterocycles. The van der Waals surface area contributed by atoms with Gasteiger partial charge in [0.05, 0.1) is 16.1 Å². The number of amides is 1. The minimum absolute atomic E-state index is 0.0413. The lowest BCUT2D eigenvalue weighted by molar-refractivity contribution is -0.137. The van der Waals surface area contributed by atoms with Gasteiger partial charge in [-0.05, 0) is 56.0 Å². The number of hydrogen-bond acceptors (Lipinski definition) is 3. The van der Waals surface area contributed by atoms with E-state index in [1.54, 1.807) is 56.3 Å². The lowest BCUT2D eigenvalue weighted by Crippen LogP contribution is -2.45. The first-order valence-electron chi connectivity index (χ1n) is 10.5. The number of aryl methyl sites for hydroxylation is 3. The number of nitrogens with one attached hydrogen (secondary N) is 2. The molecule has 34 heavy (non-hydrogen) atoms. The number of alkyl halides is 3. The van der Waals surface area contributed by atoms with Gasteiger partial charge in [-0.15, -0.1) is 0 Å². The van der Waals surface area contributed by atoms with E-state index in [2.05, 4.69) is 10.0 Å². The zero-order valence-corrected chi connectivity index (χ0v) is 19.7. The van der Waals surface area contributed by atoms with Crippen molar-refractivity contribution in [3.63, 3.8) is 0 Å². The summed E-state index contributed by atoms with van der Waals surface area (Å²) in [6.07, 6.45) is -4.74. The van der Waals surface area contributed by atoms with Crippen molar-refractivity contribution in [1.29, 1.82) is 0 Å². The largest absolute Gasteiger partial charge is 0.418 e. The highest BCUT2D eigenvalue weighted by Gasteiger charge is 2.35. The first kappa shape index (κ1) is 25.5. The summed E-state index contributed by atoms with van der Waals surface area (Å²) >= 11 is 0. The van der Waals surface area contributed by atoms with Crippen LogP contribution < -0.4 is 10.0 Å². The van der Waals surface area contributed by atoms with E-state index in [-0.39, 0.29) is 11.3 Å². The summed E-state index contributed by atoms with van der Waals surface area (Å²) in [6.45, 7) is 5.15. The third-order valence-corrected chi connectivity index (χ3v) is 7.04. The van der Waals surface area contributed by atoms with Gasteiger partial charge in [0.15, 0.2) is 0 Å². The third kappa shape index (κ3) is 6.03. The van der Waals surface area contributed by atoms with Gasteiger partial charge in [0.2, 0.25) is 15.9 Å². The molecule has 0 spiro atoms. The zero-order chi connectivity index (χ0) is 25.1. The molecule has 3 aromatic rings. The van der Waals surface area contributed by atoms with Crippen LogP contribution in [0.25, 0.3) is 0 Å². The van der Waals surface area contributed by atoms with Crippen LogP contribution in [0.4, 0.5) is 18.9 Å².